The molecule has 4 atom stereocenters. The first-order chi connectivity index (χ1) is 16.9. The van der Waals surface area contributed by atoms with Gasteiger partial charge in [-0.05, 0) is 64.0 Å². The number of aliphatic carboxylic acids is 1. The van der Waals surface area contributed by atoms with Gasteiger partial charge in [-0.15, -0.1) is 0 Å². The van der Waals surface area contributed by atoms with Crippen molar-refractivity contribution in [3.63, 3.8) is 0 Å². The number of nitrogens with two attached hydrogens (primary N) is 4. The van der Waals surface area contributed by atoms with E-state index in [0.717, 1.165) is 0 Å². The van der Waals surface area contributed by atoms with E-state index >= 15 is 0 Å². The minimum atomic E-state index is -1.23. The number of hydrogen-bond donors (Lipinski definition) is 8. The van der Waals surface area contributed by atoms with Crippen LogP contribution in [0.2, 0.25) is 0 Å². The normalized spacial score (nSPS) is 14.4. The minimum Gasteiger partial charge on any atom is -0.480 e. The number of amides is 4. The standard InChI is InChI=1S/C23H45N7O6/c1-14(2)13-18(23(35)36)30-22(34)17(9-10-19(27)31)29-21(33)16(8-4-6-12-25)28-20(32)15(26)7-3-5-11-24/h14-18H,3-13,24-26H2,1-2H3,(H2,27,31)(H,28,32)(H,29,33)(H,30,34)(H,35,36). The van der Waals surface area contributed by atoms with Gasteiger partial charge in [-0.3, -0.25) is 19.2 Å². The Morgan fingerprint density at radius 3 is 1.67 bits per heavy atom. The summed E-state index contributed by atoms with van der Waals surface area (Å²) in [6.45, 7) is 4.50. The molecular weight excluding hydrogens is 470 g/mol. The number of nitrogens with one attached hydrogen (secondary N) is 3. The van der Waals surface area contributed by atoms with Crippen molar-refractivity contribution in [2.45, 2.75) is 95.8 Å². The first kappa shape index (κ1) is 33.2. The van der Waals surface area contributed by atoms with Gasteiger partial charge in [-0.2, -0.15) is 0 Å². The Hall–Kier alpha value is -2.77. The lowest BCUT2D eigenvalue weighted by Gasteiger charge is -2.25. The van der Waals surface area contributed by atoms with Crippen molar-refractivity contribution in [2.75, 3.05) is 13.1 Å². The van der Waals surface area contributed by atoms with Crippen LogP contribution in [0.15, 0.2) is 0 Å². The molecule has 0 aromatic rings. The number of unbranched alkanes of at least 4 members (excludes halogenated alkanes) is 2. The quantitative estimate of drug-likeness (QED) is 0.0870. The lowest BCUT2D eigenvalue weighted by Crippen LogP contribution is -2.57. The van der Waals surface area contributed by atoms with Crippen LogP contribution in [0.5, 0.6) is 0 Å². The van der Waals surface area contributed by atoms with E-state index in [4.69, 9.17) is 22.9 Å². The second kappa shape index (κ2) is 18.5. The van der Waals surface area contributed by atoms with Crippen LogP contribution in [-0.4, -0.2) is 72.0 Å². The highest BCUT2D eigenvalue weighted by Gasteiger charge is 2.30. The molecule has 0 bridgehead atoms. The van der Waals surface area contributed by atoms with E-state index in [0.29, 0.717) is 45.2 Å². The molecule has 13 nitrogen and oxygen atoms in total. The molecule has 0 aromatic carbocycles. The van der Waals surface area contributed by atoms with E-state index in [1.807, 2.05) is 13.8 Å². The molecule has 0 aliphatic carbocycles. The molecule has 0 saturated heterocycles. The van der Waals surface area contributed by atoms with Gasteiger partial charge >= 0.3 is 5.97 Å². The van der Waals surface area contributed by atoms with E-state index < -0.39 is 53.8 Å². The minimum absolute atomic E-state index is 0.0127. The van der Waals surface area contributed by atoms with E-state index in [1.165, 1.54) is 0 Å². The van der Waals surface area contributed by atoms with Gasteiger partial charge in [0.25, 0.3) is 0 Å². The zero-order chi connectivity index (χ0) is 27.7. The first-order valence-electron chi connectivity index (χ1n) is 12.5. The summed E-state index contributed by atoms with van der Waals surface area (Å²) in [5, 5.41) is 17.0. The highest BCUT2D eigenvalue weighted by molar-refractivity contribution is 5.94. The molecule has 0 radical (unpaired) electrons. The third kappa shape index (κ3) is 14.6. The Bertz CT molecular complexity index is 719. The molecule has 0 rings (SSSR count). The van der Waals surface area contributed by atoms with Crippen LogP contribution in [0.3, 0.4) is 0 Å². The molecule has 0 spiro atoms. The predicted octanol–water partition coefficient (Wildman–Crippen LogP) is -1.58. The van der Waals surface area contributed by atoms with Crippen LogP contribution >= 0.6 is 0 Å². The number of carbonyl (C=O) groups is 5. The third-order valence-corrected chi connectivity index (χ3v) is 5.52. The van der Waals surface area contributed by atoms with E-state index in [9.17, 15) is 29.1 Å². The Morgan fingerprint density at radius 2 is 1.19 bits per heavy atom. The second-order valence-electron chi connectivity index (χ2n) is 9.33. The Labute approximate surface area is 212 Å². The summed E-state index contributed by atoms with van der Waals surface area (Å²) in [5.41, 5.74) is 22.2. The van der Waals surface area contributed by atoms with E-state index in [1.54, 1.807) is 0 Å². The van der Waals surface area contributed by atoms with Crippen LogP contribution in [0.1, 0.15) is 71.6 Å². The van der Waals surface area contributed by atoms with Crippen molar-refractivity contribution in [1.82, 2.24) is 16.0 Å². The molecule has 4 unspecified atom stereocenters. The maximum Gasteiger partial charge on any atom is 0.326 e. The van der Waals surface area contributed by atoms with Gasteiger partial charge in [0.15, 0.2) is 0 Å². The zero-order valence-electron chi connectivity index (χ0n) is 21.5. The van der Waals surface area contributed by atoms with Gasteiger partial charge in [0.05, 0.1) is 6.04 Å². The number of carboxylic acids is 1. The molecule has 12 N–H and O–H groups in total. The maximum absolute atomic E-state index is 13.1. The molecule has 0 aliphatic heterocycles. The third-order valence-electron chi connectivity index (χ3n) is 5.52. The second-order valence-corrected chi connectivity index (χ2v) is 9.33. The highest BCUT2D eigenvalue weighted by Crippen LogP contribution is 2.08. The van der Waals surface area contributed by atoms with Crippen molar-refractivity contribution in [3.05, 3.63) is 0 Å². The lowest BCUT2D eigenvalue weighted by atomic mass is 10.0. The van der Waals surface area contributed by atoms with Crippen molar-refractivity contribution in [2.24, 2.45) is 28.9 Å². The molecule has 208 valence electrons. The Morgan fingerprint density at radius 1 is 0.722 bits per heavy atom. The number of hydrogen-bond acceptors (Lipinski definition) is 8. The summed E-state index contributed by atoms with van der Waals surface area (Å²) in [6, 6.07) is -4.23. The fourth-order valence-electron chi connectivity index (χ4n) is 3.47. The Kier molecular flexibility index (Phi) is 17.1. The van der Waals surface area contributed by atoms with Crippen LogP contribution < -0.4 is 38.9 Å². The van der Waals surface area contributed by atoms with Gasteiger partial charge < -0.3 is 44.0 Å². The monoisotopic (exact) mass is 515 g/mol. The summed E-state index contributed by atoms with van der Waals surface area (Å²) in [6.07, 6.45) is 3.00. The van der Waals surface area contributed by atoms with Gasteiger partial charge in [-0.25, -0.2) is 4.79 Å². The van der Waals surface area contributed by atoms with Gasteiger partial charge in [0, 0.05) is 6.42 Å². The Balaban J connectivity index is 5.52. The molecule has 36 heavy (non-hydrogen) atoms. The van der Waals surface area contributed by atoms with Gasteiger partial charge in [0.1, 0.15) is 18.1 Å². The maximum atomic E-state index is 13.1. The van der Waals surface area contributed by atoms with Crippen LogP contribution in [0.4, 0.5) is 0 Å². The first-order valence-corrected chi connectivity index (χ1v) is 12.5. The number of carbonyl (C=O) groups excluding carboxylic acids is 4. The highest BCUT2D eigenvalue weighted by atomic mass is 16.4. The lowest BCUT2D eigenvalue weighted by molar-refractivity contribution is -0.143. The summed E-state index contributed by atoms with van der Waals surface area (Å²) in [7, 11) is 0. The molecular formula is C23H45N7O6. The van der Waals surface area contributed by atoms with Gasteiger partial charge in [0.2, 0.25) is 23.6 Å². The number of carboxylic acid groups (broad SMARTS) is 1. The summed E-state index contributed by atoms with van der Waals surface area (Å²) in [5.74, 6) is -3.84. The zero-order valence-corrected chi connectivity index (χ0v) is 21.5. The van der Waals surface area contributed by atoms with Crippen molar-refractivity contribution >= 4 is 29.6 Å². The van der Waals surface area contributed by atoms with E-state index in [2.05, 4.69) is 16.0 Å². The average Bonchev–Trinajstić information content (AvgIpc) is 2.79. The molecule has 0 fully saturated rings. The van der Waals surface area contributed by atoms with Crippen molar-refractivity contribution < 1.29 is 29.1 Å². The molecule has 0 heterocycles. The molecule has 4 amide bonds. The van der Waals surface area contributed by atoms with Crippen LogP contribution in [0.25, 0.3) is 0 Å². The number of rotatable bonds is 20. The average molecular weight is 516 g/mol. The fourth-order valence-corrected chi connectivity index (χ4v) is 3.47. The molecule has 13 heteroatoms. The molecule has 0 aliphatic rings. The largest absolute Gasteiger partial charge is 0.480 e. The summed E-state index contributed by atoms with van der Waals surface area (Å²) >= 11 is 0. The topological polar surface area (TPSA) is 246 Å². The van der Waals surface area contributed by atoms with Crippen molar-refractivity contribution in [3.8, 4) is 0 Å². The van der Waals surface area contributed by atoms with Crippen molar-refractivity contribution in [1.29, 1.82) is 0 Å². The summed E-state index contributed by atoms with van der Waals surface area (Å²) in [4.78, 5) is 61.4. The summed E-state index contributed by atoms with van der Waals surface area (Å²) < 4.78 is 0. The fraction of sp³-hybridized carbons (Fsp3) is 0.783. The van der Waals surface area contributed by atoms with Crippen LogP contribution in [0, 0.1) is 5.92 Å². The van der Waals surface area contributed by atoms with E-state index in [-0.39, 0.29) is 31.6 Å². The van der Waals surface area contributed by atoms with Crippen LogP contribution in [-0.2, 0) is 24.0 Å². The predicted molar refractivity (Wildman–Crippen MR) is 135 cm³/mol. The SMILES string of the molecule is CC(C)CC(NC(=O)C(CCC(N)=O)NC(=O)C(CCCCN)NC(=O)C(N)CCCCN)C(=O)O. The molecule has 0 saturated carbocycles. The smallest absolute Gasteiger partial charge is 0.326 e. The molecule has 0 aromatic heterocycles. The van der Waals surface area contributed by atoms with Gasteiger partial charge in [-0.1, -0.05) is 20.3 Å². The number of primary amides is 1.